The fraction of sp³-hybridized carbons (Fsp3) is 0.375. The highest BCUT2D eigenvalue weighted by molar-refractivity contribution is 7.90. The Labute approximate surface area is 222 Å². The lowest BCUT2D eigenvalue weighted by Gasteiger charge is -2.13. The summed E-state index contributed by atoms with van der Waals surface area (Å²) in [4.78, 5) is 0.322. The van der Waals surface area contributed by atoms with Crippen LogP contribution in [0.2, 0.25) is 0 Å². The molecule has 0 radical (unpaired) electrons. The van der Waals surface area contributed by atoms with Gasteiger partial charge >= 0.3 is 0 Å². The van der Waals surface area contributed by atoms with E-state index >= 15 is 0 Å². The summed E-state index contributed by atoms with van der Waals surface area (Å²) in [5, 5.41) is 0.956. The Balaban J connectivity index is 1.69. The number of rotatable bonds is 13. The van der Waals surface area contributed by atoms with Crippen molar-refractivity contribution in [3.63, 3.8) is 0 Å². The molecular formula is C32H39NO3S. The minimum Gasteiger partial charge on any atom is -0.497 e. The molecule has 0 aliphatic heterocycles. The third-order valence-corrected chi connectivity index (χ3v) is 8.90. The van der Waals surface area contributed by atoms with Gasteiger partial charge in [0.25, 0.3) is 10.0 Å². The van der Waals surface area contributed by atoms with Crippen molar-refractivity contribution in [1.82, 2.24) is 3.97 Å². The van der Waals surface area contributed by atoms with E-state index in [1.807, 2.05) is 55.5 Å². The highest BCUT2D eigenvalue weighted by atomic mass is 32.2. The molecule has 0 aliphatic carbocycles. The number of aromatic nitrogens is 1. The van der Waals surface area contributed by atoms with Crippen LogP contribution < -0.4 is 4.74 Å². The quantitative estimate of drug-likeness (QED) is 0.167. The van der Waals surface area contributed by atoms with E-state index < -0.39 is 10.0 Å². The van der Waals surface area contributed by atoms with E-state index in [1.54, 1.807) is 23.2 Å². The molecule has 0 amide bonds. The first-order chi connectivity index (χ1) is 18.0. The molecule has 0 spiro atoms. The zero-order chi connectivity index (χ0) is 26.3. The summed E-state index contributed by atoms with van der Waals surface area (Å²) in [6.45, 7) is 4.21. The highest BCUT2D eigenvalue weighted by Crippen LogP contribution is 2.35. The van der Waals surface area contributed by atoms with Crippen LogP contribution in [0.3, 0.4) is 0 Å². The van der Waals surface area contributed by atoms with Crippen LogP contribution in [0.5, 0.6) is 5.75 Å². The molecule has 0 fully saturated rings. The average Bonchev–Trinajstić information content (AvgIpc) is 3.30. The highest BCUT2D eigenvalue weighted by Gasteiger charge is 2.24. The second kappa shape index (κ2) is 12.5. The van der Waals surface area contributed by atoms with Gasteiger partial charge in [0.15, 0.2) is 0 Å². The van der Waals surface area contributed by atoms with Gasteiger partial charge in [-0.25, -0.2) is 12.4 Å². The number of hydrogen-bond donors (Lipinski definition) is 0. The Morgan fingerprint density at radius 3 is 2.08 bits per heavy atom. The van der Waals surface area contributed by atoms with E-state index in [9.17, 15) is 8.42 Å². The van der Waals surface area contributed by atoms with Crippen LogP contribution in [0.1, 0.15) is 69.5 Å². The van der Waals surface area contributed by atoms with Crippen LogP contribution in [-0.4, -0.2) is 19.5 Å². The summed E-state index contributed by atoms with van der Waals surface area (Å²) in [6.07, 6.45) is 10.5. The molecule has 1 heterocycles. The molecule has 4 aromatic rings. The number of aryl methyl sites for hydroxylation is 2. The average molecular weight is 518 g/mol. The number of unbranched alkanes of at least 4 members (excludes halogenated alkanes) is 7. The lowest BCUT2D eigenvalue weighted by molar-refractivity contribution is 0.415. The van der Waals surface area contributed by atoms with Gasteiger partial charge in [-0.15, -0.1) is 0 Å². The van der Waals surface area contributed by atoms with Crippen LogP contribution in [0.25, 0.3) is 22.0 Å². The molecule has 0 atom stereocenters. The van der Waals surface area contributed by atoms with E-state index in [0.29, 0.717) is 4.90 Å². The fourth-order valence-electron chi connectivity index (χ4n) is 5.00. The van der Waals surface area contributed by atoms with E-state index in [4.69, 9.17) is 4.74 Å². The van der Waals surface area contributed by atoms with Crippen LogP contribution in [-0.2, 0) is 16.4 Å². The molecule has 4 nitrogen and oxygen atoms in total. The van der Waals surface area contributed by atoms with E-state index in [2.05, 4.69) is 19.1 Å². The molecule has 0 saturated carbocycles. The van der Waals surface area contributed by atoms with Crippen molar-refractivity contribution < 1.29 is 13.2 Å². The van der Waals surface area contributed by atoms with Crippen molar-refractivity contribution in [3.05, 3.63) is 84.1 Å². The minimum atomic E-state index is -3.74. The maximum atomic E-state index is 14.0. The number of fused-ring (bicyclic) bond motifs is 1. The predicted octanol–water partition coefficient (Wildman–Crippen LogP) is 8.55. The number of ether oxygens (including phenoxy) is 1. The van der Waals surface area contributed by atoms with Gasteiger partial charge in [0.2, 0.25) is 0 Å². The van der Waals surface area contributed by atoms with Crippen molar-refractivity contribution in [3.8, 4) is 16.9 Å². The maximum absolute atomic E-state index is 14.0. The Kier molecular flexibility index (Phi) is 9.09. The minimum absolute atomic E-state index is 0.322. The van der Waals surface area contributed by atoms with E-state index in [0.717, 1.165) is 58.3 Å². The fourth-order valence-corrected chi connectivity index (χ4v) is 6.56. The van der Waals surface area contributed by atoms with Gasteiger partial charge in [0.05, 0.1) is 17.5 Å². The van der Waals surface area contributed by atoms with E-state index in [1.165, 1.54) is 38.5 Å². The standard InChI is InChI=1S/C32H39NO3S/c1-4-5-6-7-8-9-10-11-13-27-24-31-30(26-18-20-28(36-3)21-19-26)14-12-15-32(31)33(27)37(34,35)29-22-16-25(2)17-23-29/h12,14-24H,4-11,13H2,1-3H3. The summed E-state index contributed by atoms with van der Waals surface area (Å²) in [5.74, 6) is 0.797. The molecule has 1 aromatic heterocycles. The summed E-state index contributed by atoms with van der Waals surface area (Å²) in [7, 11) is -2.08. The maximum Gasteiger partial charge on any atom is 0.268 e. The molecule has 0 bridgehead atoms. The molecule has 3 aromatic carbocycles. The topological polar surface area (TPSA) is 48.3 Å². The molecule has 37 heavy (non-hydrogen) atoms. The summed E-state index contributed by atoms with van der Waals surface area (Å²) in [6, 6.07) is 23.1. The monoisotopic (exact) mass is 517 g/mol. The first-order valence-corrected chi connectivity index (χ1v) is 15.0. The van der Waals surface area contributed by atoms with Crippen molar-refractivity contribution in [2.24, 2.45) is 0 Å². The summed E-state index contributed by atoms with van der Waals surface area (Å²) in [5.41, 5.74) is 4.67. The Morgan fingerprint density at radius 2 is 1.43 bits per heavy atom. The van der Waals surface area contributed by atoms with Gasteiger partial charge < -0.3 is 4.74 Å². The molecule has 5 heteroatoms. The van der Waals surface area contributed by atoms with Gasteiger partial charge in [-0.05, 0) is 67.3 Å². The zero-order valence-corrected chi connectivity index (χ0v) is 23.2. The Bertz CT molecular complexity index is 1400. The second-order valence-corrected chi connectivity index (χ2v) is 11.7. The normalized spacial score (nSPS) is 11.8. The van der Waals surface area contributed by atoms with Crippen molar-refractivity contribution in [1.29, 1.82) is 0 Å². The number of methoxy groups -OCH3 is 1. The van der Waals surface area contributed by atoms with Gasteiger partial charge in [-0.3, -0.25) is 0 Å². The van der Waals surface area contributed by atoms with Crippen LogP contribution >= 0.6 is 0 Å². The summed E-state index contributed by atoms with van der Waals surface area (Å²) < 4.78 is 34.8. The second-order valence-electron chi connectivity index (χ2n) is 9.91. The van der Waals surface area contributed by atoms with Crippen molar-refractivity contribution in [2.75, 3.05) is 7.11 Å². The molecule has 0 N–H and O–H groups in total. The molecule has 0 aliphatic rings. The lowest BCUT2D eigenvalue weighted by Crippen LogP contribution is -2.15. The molecule has 196 valence electrons. The number of hydrogen-bond acceptors (Lipinski definition) is 3. The van der Waals surface area contributed by atoms with Gasteiger partial charge in [-0.2, -0.15) is 0 Å². The Hall–Kier alpha value is -3.05. The zero-order valence-electron chi connectivity index (χ0n) is 22.4. The molecule has 0 unspecified atom stereocenters. The largest absolute Gasteiger partial charge is 0.497 e. The van der Waals surface area contributed by atoms with Gasteiger partial charge in [0.1, 0.15) is 5.75 Å². The Morgan fingerprint density at radius 1 is 0.784 bits per heavy atom. The first-order valence-electron chi connectivity index (χ1n) is 13.6. The van der Waals surface area contributed by atoms with Gasteiger partial charge in [0, 0.05) is 11.1 Å². The smallest absolute Gasteiger partial charge is 0.268 e. The summed E-state index contributed by atoms with van der Waals surface area (Å²) >= 11 is 0. The third-order valence-electron chi connectivity index (χ3n) is 7.12. The van der Waals surface area contributed by atoms with Crippen LogP contribution in [0, 0.1) is 6.92 Å². The van der Waals surface area contributed by atoms with Crippen molar-refractivity contribution >= 4 is 20.9 Å². The molecule has 0 saturated heterocycles. The lowest BCUT2D eigenvalue weighted by atomic mass is 10.0. The third kappa shape index (κ3) is 6.27. The molecule has 4 rings (SSSR count). The van der Waals surface area contributed by atoms with Crippen LogP contribution in [0.4, 0.5) is 0 Å². The van der Waals surface area contributed by atoms with E-state index in [-0.39, 0.29) is 0 Å². The molecular weight excluding hydrogens is 478 g/mol. The van der Waals surface area contributed by atoms with Crippen LogP contribution in [0.15, 0.2) is 77.7 Å². The van der Waals surface area contributed by atoms with Gasteiger partial charge in [-0.1, -0.05) is 93.8 Å². The number of nitrogens with zero attached hydrogens (tertiary/aromatic N) is 1. The predicted molar refractivity (Wildman–Crippen MR) is 154 cm³/mol. The number of benzene rings is 3. The SMILES string of the molecule is CCCCCCCCCCc1cc2c(-c3ccc(OC)cc3)cccc2n1S(=O)(=O)c1ccc(C)cc1. The first kappa shape index (κ1) is 27.0. The van der Waals surface area contributed by atoms with Crippen molar-refractivity contribution in [2.45, 2.75) is 76.5 Å².